The molecule has 1 aromatic carbocycles. The van der Waals surface area contributed by atoms with Gasteiger partial charge < -0.3 is 16.0 Å². The van der Waals surface area contributed by atoms with E-state index in [1.165, 1.54) is 0 Å². The molecule has 8 nitrogen and oxygen atoms in total. The molecule has 0 radical (unpaired) electrons. The van der Waals surface area contributed by atoms with E-state index in [1.54, 1.807) is 12.1 Å². The molecular weight excluding hydrogens is 392 g/mol. The van der Waals surface area contributed by atoms with E-state index < -0.39 is 22.1 Å². The van der Waals surface area contributed by atoms with Gasteiger partial charge in [-0.2, -0.15) is 0 Å². The number of halogens is 1. The molecule has 1 heterocycles. The molecule has 1 aliphatic heterocycles. The van der Waals surface area contributed by atoms with Gasteiger partial charge in [0.2, 0.25) is 0 Å². The molecule has 0 saturated carbocycles. The van der Waals surface area contributed by atoms with Crippen LogP contribution in [0.1, 0.15) is 50.7 Å². The zero-order chi connectivity index (χ0) is 20.4. The minimum atomic E-state index is -4.10. The van der Waals surface area contributed by atoms with Gasteiger partial charge in [-0.3, -0.25) is 0 Å². The highest BCUT2D eigenvalue weighted by Crippen LogP contribution is 2.35. The van der Waals surface area contributed by atoms with Gasteiger partial charge in [0.25, 0.3) is 10.0 Å². The number of anilines is 1. The van der Waals surface area contributed by atoms with Gasteiger partial charge in [0.15, 0.2) is 0 Å². The van der Waals surface area contributed by atoms with Crippen molar-refractivity contribution >= 4 is 39.4 Å². The topological polar surface area (TPSA) is 116 Å². The number of urea groups is 2. The highest BCUT2D eigenvalue weighted by atomic mass is 35.5. The van der Waals surface area contributed by atoms with E-state index in [1.807, 2.05) is 32.4 Å². The standard InChI is InChI=1S/C17H23ClN4O4S/c1-9(2)13-5-11(18)6-14(10(3)4)15(13)21-17(24)22-27(25,26)12-7-19-16(23)20-8-12/h5-7,9-10H,8H2,1-4H3,(H2,19,20,23)(H2,21,22,24). The van der Waals surface area contributed by atoms with E-state index in [9.17, 15) is 18.0 Å². The lowest BCUT2D eigenvalue weighted by molar-refractivity contribution is 0.244. The monoisotopic (exact) mass is 414 g/mol. The smallest absolute Gasteiger partial charge is 0.333 e. The first-order chi connectivity index (χ1) is 12.5. The van der Waals surface area contributed by atoms with Crippen LogP contribution >= 0.6 is 11.6 Å². The van der Waals surface area contributed by atoms with Gasteiger partial charge in [-0.15, -0.1) is 0 Å². The summed E-state index contributed by atoms with van der Waals surface area (Å²) in [5.74, 6) is 0.127. The fourth-order valence-electron chi connectivity index (χ4n) is 2.62. The van der Waals surface area contributed by atoms with Crippen molar-refractivity contribution in [1.82, 2.24) is 15.4 Å². The molecule has 27 heavy (non-hydrogen) atoms. The van der Waals surface area contributed by atoms with E-state index in [-0.39, 0.29) is 23.3 Å². The summed E-state index contributed by atoms with van der Waals surface area (Å²) >= 11 is 6.19. The Hall–Kier alpha value is -2.26. The minimum absolute atomic E-state index is 0.0635. The van der Waals surface area contributed by atoms with Crippen LogP contribution in [-0.2, 0) is 10.0 Å². The van der Waals surface area contributed by atoms with Gasteiger partial charge in [-0.25, -0.2) is 22.7 Å². The number of benzene rings is 1. The molecule has 2 rings (SSSR count). The summed E-state index contributed by atoms with van der Waals surface area (Å²) in [5, 5.41) is 7.77. The van der Waals surface area contributed by atoms with Crippen LogP contribution in [-0.4, -0.2) is 27.0 Å². The van der Waals surface area contributed by atoms with Crippen molar-refractivity contribution in [3.8, 4) is 0 Å². The van der Waals surface area contributed by atoms with Crippen molar-refractivity contribution in [3.63, 3.8) is 0 Å². The largest absolute Gasteiger partial charge is 0.333 e. The first kappa shape index (κ1) is 21.0. The summed E-state index contributed by atoms with van der Waals surface area (Å²) in [6, 6.07) is 2.11. The lowest BCUT2D eigenvalue weighted by Gasteiger charge is -2.21. The quantitative estimate of drug-likeness (QED) is 0.591. The highest BCUT2D eigenvalue weighted by Gasteiger charge is 2.25. The SMILES string of the molecule is CC(C)c1cc(Cl)cc(C(C)C)c1NC(=O)NS(=O)(=O)C1=CNC(=O)NC1. The van der Waals surface area contributed by atoms with E-state index in [0.717, 1.165) is 17.3 Å². The first-order valence-corrected chi connectivity index (χ1v) is 10.3. The maximum absolute atomic E-state index is 12.4. The number of amides is 4. The summed E-state index contributed by atoms with van der Waals surface area (Å²) in [7, 11) is -4.10. The zero-order valence-electron chi connectivity index (χ0n) is 15.5. The molecule has 1 aliphatic rings. The molecule has 0 aromatic heterocycles. The molecule has 0 saturated heterocycles. The third-order valence-electron chi connectivity index (χ3n) is 4.01. The van der Waals surface area contributed by atoms with Crippen LogP contribution in [0.25, 0.3) is 0 Å². The van der Waals surface area contributed by atoms with Gasteiger partial charge in [-0.1, -0.05) is 39.3 Å². The lowest BCUT2D eigenvalue weighted by Crippen LogP contribution is -2.44. The summed E-state index contributed by atoms with van der Waals surface area (Å²) in [4.78, 5) is 23.3. The van der Waals surface area contributed by atoms with Crippen molar-refractivity contribution in [2.24, 2.45) is 0 Å². The van der Waals surface area contributed by atoms with E-state index in [0.29, 0.717) is 10.7 Å². The third-order valence-corrected chi connectivity index (χ3v) is 5.63. The fourth-order valence-corrected chi connectivity index (χ4v) is 3.76. The normalized spacial score (nSPS) is 14.5. The predicted octanol–water partition coefficient (Wildman–Crippen LogP) is 3.19. The molecule has 4 amide bonds. The number of nitrogens with one attached hydrogen (secondary N) is 4. The number of carbonyl (C=O) groups excluding carboxylic acids is 2. The Bertz CT molecular complexity index is 865. The molecule has 0 fully saturated rings. The van der Waals surface area contributed by atoms with Crippen molar-refractivity contribution in [2.75, 3.05) is 11.9 Å². The molecular formula is C17H23ClN4O4S. The maximum atomic E-state index is 12.4. The number of rotatable bonds is 5. The molecule has 10 heteroatoms. The Morgan fingerprint density at radius 1 is 1.15 bits per heavy atom. The van der Waals surface area contributed by atoms with Crippen molar-refractivity contribution in [2.45, 2.75) is 39.5 Å². The number of sulfonamides is 1. The number of hydrogen-bond donors (Lipinski definition) is 4. The van der Waals surface area contributed by atoms with Gasteiger partial charge in [0.1, 0.15) is 4.91 Å². The summed E-state index contributed by atoms with van der Waals surface area (Å²) in [6.45, 7) is 7.62. The Morgan fingerprint density at radius 3 is 2.15 bits per heavy atom. The predicted molar refractivity (Wildman–Crippen MR) is 105 cm³/mol. The van der Waals surface area contributed by atoms with E-state index >= 15 is 0 Å². The average molecular weight is 415 g/mol. The van der Waals surface area contributed by atoms with Crippen LogP contribution in [0, 0.1) is 0 Å². The van der Waals surface area contributed by atoms with Gasteiger partial charge in [0, 0.05) is 16.9 Å². The van der Waals surface area contributed by atoms with Gasteiger partial charge in [0.05, 0.1) is 6.54 Å². The van der Waals surface area contributed by atoms with Crippen LogP contribution in [0.5, 0.6) is 0 Å². The Balaban J connectivity index is 2.29. The second kappa shape index (κ2) is 8.18. The van der Waals surface area contributed by atoms with Gasteiger partial charge >= 0.3 is 12.1 Å². The second-order valence-electron chi connectivity index (χ2n) is 6.77. The molecule has 1 aromatic rings. The fraction of sp³-hybridized carbons (Fsp3) is 0.412. The number of hydrogen-bond acceptors (Lipinski definition) is 4. The highest BCUT2D eigenvalue weighted by molar-refractivity contribution is 7.94. The molecule has 4 N–H and O–H groups in total. The molecule has 148 valence electrons. The summed E-state index contributed by atoms with van der Waals surface area (Å²) in [5.41, 5.74) is 2.16. The van der Waals surface area contributed by atoms with E-state index in [4.69, 9.17) is 11.6 Å². The molecule has 0 bridgehead atoms. The minimum Gasteiger partial charge on any atom is -0.333 e. The van der Waals surface area contributed by atoms with Crippen molar-refractivity contribution in [3.05, 3.63) is 39.4 Å². The Kier molecular flexibility index (Phi) is 6.38. The van der Waals surface area contributed by atoms with Crippen LogP contribution in [0.4, 0.5) is 15.3 Å². The van der Waals surface area contributed by atoms with Crippen LogP contribution in [0.3, 0.4) is 0 Å². The van der Waals surface area contributed by atoms with Crippen molar-refractivity contribution < 1.29 is 18.0 Å². The number of carbonyl (C=O) groups is 2. The lowest BCUT2D eigenvalue weighted by atomic mass is 9.92. The van der Waals surface area contributed by atoms with E-state index in [2.05, 4.69) is 16.0 Å². The van der Waals surface area contributed by atoms with Crippen LogP contribution < -0.4 is 20.7 Å². The van der Waals surface area contributed by atoms with Crippen molar-refractivity contribution in [1.29, 1.82) is 0 Å². The summed E-state index contributed by atoms with van der Waals surface area (Å²) < 4.78 is 26.6. The zero-order valence-corrected chi connectivity index (χ0v) is 17.1. The van der Waals surface area contributed by atoms with Gasteiger partial charge in [-0.05, 0) is 35.1 Å². The molecule has 0 unspecified atom stereocenters. The van der Waals surface area contributed by atoms with Crippen LogP contribution in [0.15, 0.2) is 23.2 Å². The first-order valence-electron chi connectivity index (χ1n) is 8.41. The molecule has 0 atom stereocenters. The average Bonchev–Trinajstić information content (AvgIpc) is 2.55. The van der Waals surface area contributed by atoms with Crippen LogP contribution in [0.2, 0.25) is 5.02 Å². The molecule has 0 spiro atoms. The Labute approximate surface area is 163 Å². The summed E-state index contributed by atoms with van der Waals surface area (Å²) in [6.07, 6.45) is 1.05. The second-order valence-corrected chi connectivity index (χ2v) is 8.94. The maximum Gasteiger partial charge on any atom is 0.333 e. The third kappa shape index (κ3) is 5.14. The molecule has 0 aliphatic carbocycles. The Morgan fingerprint density at radius 2 is 1.70 bits per heavy atom.